The number of thiophene rings is 1. The molecule has 4 nitrogen and oxygen atoms in total. The number of carboxylic acid groups (broad SMARTS) is 1. The number of carbonyl (C=O) groups is 1. The molecule has 13 heavy (non-hydrogen) atoms. The van der Waals surface area contributed by atoms with Crippen molar-refractivity contribution < 1.29 is 9.90 Å². The van der Waals surface area contributed by atoms with E-state index in [0.717, 1.165) is 5.56 Å². The summed E-state index contributed by atoms with van der Waals surface area (Å²) in [6.07, 6.45) is -0.374. The maximum atomic E-state index is 10.1. The lowest BCUT2D eigenvalue weighted by atomic mass is 10.1. The largest absolute Gasteiger partial charge is 0.465 e. The number of nitrogens with one attached hydrogen (secondary N) is 1. The van der Waals surface area contributed by atoms with Gasteiger partial charge >= 0.3 is 6.09 Å². The molecule has 0 spiro atoms. The van der Waals surface area contributed by atoms with E-state index in [9.17, 15) is 4.79 Å². The van der Waals surface area contributed by atoms with Crippen LogP contribution < -0.4 is 11.1 Å². The topological polar surface area (TPSA) is 75.3 Å². The predicted octanol–water partition coefficient (Wildman–Crippen LogP) is 1.41. The fourth-order valence-corrected chi connectivity index (χ4v) is 1.71. The van der Waals surface area contributed by atoms with Crippen molar-refractivity contribution >= 4 is 17.4 Å². The molecular weight excluding hydrogens is 188 g/mol. The summed E-state index contributed by atoms with van der Waals surface area (Å²) in [6, 6.07) is 1.88. The van der Waals surface area contributed by atoms with E-state index in [-0.39, 0.29) is 6.04 Å². The van der Waals surface area contributed by atoms with Gasteiger partial charge in [0.2, 0.25) is 0 Å². The van der Waals surface area contributed by atoms with Crippen molar-refractivity contribution in [3.8, 4) is 0 Å². The van der Waals surface area contributed by atoms with Crippen LogP contribution in [0.15, 0.2) is 16.8 Å². The van der Waals surface area contributed by atoms with Gasteiger partial charge in [0.15, 0.2) is 0 Å². The summed E-state index contributed by atoms with van der Waals surface area (Å²) < 4.78 is 0. The van der Waals surface area contributed by atoms with E-state index in [0.29, 0.717) is 13.0 Å². The van der Waals surface area contributed by atoms with E-state index in [2.05, 4.69) is 5.32 Å². The fourth-order valence-electron chi connectivity index (χ4n) is 0.987. The van der Waals surface area contributed by atoms with Crippen molar-refractivity contribution in [1.29, 1.82) is 0 Å². The van der Waals surface area contributed by atoms with Crippen LogP contribution >= 0.6 is 11.3 Å². The third-order valence-corrected chi connectivity index (χ3v) is 2.40. The first-order valence-corrected chi connectivity index (χ1v) is 4.89. The Hall–Kier alpha value is -1.07. The summed E-state index contributed by atoms with van der Waals surface area (Å²) in [5.41, 5.74) is 6.87. The molecule has 5 heteroatoms. The Balaban J connectivity index is 2.26. The second-order valence-electron chi connectivity index (χ2n) is 2.68. The zero-order valence-corrected chi connectivity index (χ0v) is 7.88. The fraction of sp³-hybridized carbons (Fsp3) is 0.375. The summed E-state index contributed by atoms with van der Waals surface area (Å²) in [7, 11) is 0. The van der Waals surface area contributed by atoms with Crippen molar-refractivity contribution in [2.75, 3.05) is 6.54 Å². The van der Waals surface area contributed by atoms with Crippen LogP contribution in [0.25, 0.3) is 0 Å². The van der Waals surface area contributed by atoms with Crippen molar-refractivity contribution in [3.63, 3.8) is 0 Å². The van der Waals surface area contributed by atoms with E-state index in [1.54, 1.807) is 11.3 Å². The highest BCUT2D eigenvalue weighted by molar-refractivity contribution is 7.07. The SMILES string of the molecule is NC(CCNC(=O)O)c1ccsc1. The van der Waals surface area contributed by atoms with Gasteiger partial charge in [0, 0.05) is 12.6 Å². The standard InChI is InChI=1S/C8H12N2O2S/c9-7(1-3-10-8(11)12)6-2-4-13-5-6/h2,4-5,7,10H,1,3,9H2,(H,11,12). The van der Waals surface area contributed by atoms with E-state index in [4.69, 9.17) is 10.8 Å². The molecule has 72 valence electrons. The zero-order valence-electron chi connectivity index (χ0n) is 7.06. The first kappa shape index (κ1) is 10.0. The third-order valence-electron chi connectivity index (χ3n) is 1.70. The first-order chi connectivity index (χ1) is 6.20. The Labute approximate surface area is 80.4 Å². The Morgan fingerprint density at radius 3 is 3.08 bits per heavy atom. The van der Waals surface area contributed by atoms with Crippen LogP contribution in [0, 0.1) is 0 Å². The zero-order chi connectivity index (χ0) is 9.68. The van der Waals surface area contributed by atoms with Gasteiger partial charge in [0.25, 0.3) is 0 Å². The Bertz CT molecular complexity index is 261. The Kier molecular flexibility index (Phi) is 3.72. The number of nitrogens with two attached hydrogens (primary N) is 1. The molecule has 1 rings (SSSR count). The van der Waals surface area contributed by atoms with Gasteiger partial charge in [0.1, 0.15) is 0 Å². The minimum absolute atomic E-state index is 0.0712. The highest BCUT2D eigenvalue weighted by Crippen LogP contribution is 2.16. The molecule has 1 heterocycles. The van der Waals surface area contributed by atoms with Crippen molar-refractivity contribution in [3.05, 3.63) is 22.4 Å². The molecule has 0 aromatic carbocycles. The first-order valence-electron chi connectivity index (χ1n) is 3.94. The maximum Gasteiger partial charge on any atom is 0.404 e. The minimum Gasteiger partial charge on any atom is -0.465 e. The lowest BCUT2D eigenvalue weighted by molar-refractivity contribution is 0.194. The number of rotatable bonds is 4. The average Bonchev–Trinajstić information content (AvgIpc) is 2.55. The minimum atomic E-state index is -1.00. The summed E-state index contributed by atoms with van der Waals surface area (Å²) in [6.45, 7) is 0.395. The van der Waals surface area contributed by atoms with Gasteiger partial charge in [-0.2, -0.15) is 11.3 Å². The van der Waals surface area contributed by atoms with Gasteiger partial charge < -0.3 is 16.2 Å². The van der Waals surface area contributed by atoms with E-state index in [1.807, 2.05) is 16.8 Å². The Morgan fingerprint density at radius 1 is 1.77 bits per heavy atom. The third kappa shape index (κ3) is 3.43. The molecule has 1 aromatic heterocycles. The van der Waals surface area contributed by atoms with Gasteiger partial charge in [0.05, 0.1) is 0 Å². The van der Waals surface area contributed by atoms with Crippen LogP contribution in [-0.2, 0) is 0 Å². The van der Waals surface area contributed by atoms with Gasteiger partial charge in [-0.15, -0.1) is 0 Å². The van der Waals surface area contributed by atoms with Crippen molar-refractivity contribution in [2.24, 2.45) is 5.73 Å². The summed E-state index contributed by atoms with van der Waals surface area (Å²) in [5.74, 6) is 0. The van der Waals surface area contributed by atoms with E-state index < -0.39 is 6.09 Å². The predicted molar refractivity (Wildman–Crippen MR) is 51.9 cm³/mol. The van der Waals surface area contributed by atoms with Crippen LogP contribution in [0.3, 0.4) is 0 Å². The van der Waals surface area contributed by atoms with Crippen LogP contribution in [-0.4, -0.2) is 17.7 Å². The molecule has 0 saturated carbocycles. The molecule has 1 atom stereocenters. The highest BCUT2D eigenvalue weighted by Gasteiger charge is 2.05. The summed E-state index contributed by atoms with van der Waals surface area (Å²) >= 11 is 1.59. The molecule has 0 aliphatic rings. The molecule has 0 bridgehead atoms. The summed E-state index contributed by atoms with van der Waals surface area (Å²) in [5, 5.41) is 14.5. The number of hydrogen-bond acceptors (Lipinski definition) is 3. The summed E-state index contributed by atoms with van der Waals surface area (Å²) in [4.78, 5) is 10.1. The van der Waals surface area contributed by atoms with Crippen LogP contribution in [0.1, 0.15) is 18.0 Å². The molecule has 0 fully saturated rings. The normalized spacial score (nSPS) is 12.4. The lowest BCUT2D eigenvalue weighted by Gasteiger charge is -2.08. The monoisotopic (exact) mass is 200 g/mol. The molecular formula is C8H12N2O2S. The quantitative estimate of drug-likeness (QED) is 0.687. The molecule has 1 amide bonds. The van der Waals surface area contributed by atoms with Gasteiger partial charge in [-0.25, -0.2) is 4.79 Å². The number of hydrogen-bond donors (Lipinski definition) is 3. The van der Waals surface area contributed by atoms with Crippen molar-refractivity contribution in [2.45, 2.75) is 12.5 Å². The molecule has 4 N–H and O–H groups in total. The van der Waals surface area contributed by atoms with E-state index >= 15 is 0 Å². The second kappa shape index (κ2) is 4.84. The van der Waals surface area contributed by atoms with Gasteiger partial charge in [-0.05, 0) is 28.8 Å². The molecule has 1 aromatic rings. The second-order valence-corrected chi connectivity index (χ2v) is 3.46. The smallest absolute Gasteiger partial charge is 0.404 e. The van der Waals surface area contributed by atoms with Gasteiger partial charge in [-0.3, -0.25) is 0 Å². The Morgan fingerprint density at radius 2 is 2.54 bits per heavy atom. The average molecular weight is 200 g/mol. The molecule has 0 aliphatic heterocycles. The molecule has 1 unspecified atom stereocenters. The van der Waals surface area contributed by atoms with E-state index in [1.165, 1.54) is 0 Å². The maximum absolute atomic E-state index is 10.1. The lowest BCUT2D eigenvalue weighted by Crippen LogP contribution is -2.25. The molecule has 0 aliphatic carbocycles. The molecule has 0 saturated heterocycles. The van der Waals surface area contributed by atoms with Gasteiger partial charge in [-0.1, -0.05) is 0 Å². The van der Waals surface area contributed by atoms with Crippen LogP contribution in [0.2, 0.25) is 0 Å². The highest BCUT2D eigenvalue weighted by atomic mass is 32.1. The van der Waals surface area contributed by atoms with Crippen LogP contribution in [0.5, 0.6) is 0 Å². The van der Waals surface area contributed by atoms with Crippen LogP contribution in [0.4, 0.5) is 4.79 Å². The number of amides is 1. The van der Waals surface area contributed by atoms with Crippen molar-refractivity contribution in [1.82, 2.24) is 5.32 Å². The molecule has 0 radical (unpaired) electrons.